The van der Waals surface area contributed by atoms with Crippen LogP contribution >= 0.6 is 0 Å². The van der Waals surface area contributed by atoms with Gasteiger partial charge in [0.05, 0.1) is 11.3 Å². The van der Waals surface area contributed by atoms with Gasteiger partial charge in [0, 0.05) is 25.0 Å². The summed E-state index contributed by atoms with van der Waals surface area (Å²) < 4.78 is 12.9. The van der Waals surface area contributed by atoms with Crippen molar-refractivity contribution in [3.8, 4) is 0 Å². The van der Waals surface area contributed by atoms with Gasteiger partial charge in [-0.2, -0.15) is 0 Å². The van der Waals surface area contributed by atoms with Crippen molar-refractivity contribution in [2.24, 2.45) is 5.92 Å². The van der Waals surface area contributed by atoms with E-state index < -0.39 is 0 Å². The first-order chi connectivity index (χ1) is 11.5. The molecule has 6 heteroatoms. The number of amides is 1. The minimum absolute atomic E-state index is 0.294. The van der Waals surface area contributed by atoms with E-state index in [1.165, 1.54) is 24.3 Å². The molecular formula is C18H21FN4O. The van der Waals surface area contributed by atoms with Gasteiger partial charge in [0.15, 0.2) is 0 Å². The van der Waals surface area contributed by atoms with E-state index >= 15 is 0 Å². The van der Waals surface area contributed by atoms with Crippen LogP contribution in [0.4, 0.5) is 16.0 Å². The number of piperidine rings is 1. The maximum atomic E-state index is 12.9. The molecule has 3 rings (SSSR count). The molecule has 2 aromatic rings. The van der Waals surface area contributed by atoms with Crippen LogP contribution in [0.1, 0.15) is 35.8 Å². The number of hydrogen-bond acceptors (Lipinski definition) is 4. The Morgan fingerprint density at radius 1 is 1.25 bits per heavy atom. The van der Waals surface area contributed by atoms with Gasteiger partial charge in [-0.1, -0.05) is 6.92 Å². The quantitative estimate of drug-likeness (QED) is 0.938. The van der Waals surface area contributed by atoms with Gasteiger partial charge in [0.2, 0.25) is 5.95 Å². The second-order valence-electron chi connectivity index (χ2n) is 6.30. The number of halogens is 1. The Morgan fingerprint density at radius 2 is 1.92 bits per heavy atom. The van der Waals surface area contributed by atoms with Crippen LogP contribution < -0.4 is 10.2 Å². The molecular weight excluding hydrogens is 307 g/mol. The summed E-state index contributed by atoms with van der Waals surface area (Å²) in [6, 6.07) is 5.65. The Bertz CT molecular complexity index is 724. The fourth-order valence-corrected chi connectivity index (χ4v) is 2.77. The van der Waals surface area contributed by atoms with Crippen molar-refractivity contribution < 1.29 is 9.18 Å². The van der Waals surface area contributed by atoms with E-state index in [1.807, 2.05) is 0 Å². The number of hydrogen-bond donors (Lipinski definition) is 1. The number of nitrogens with one attached hydrogen (secondary N) is 1. The van der Waals surface area contributed by atoms with Gasteiger partial charge < -0.3 is 10.2 Å². The van der Waals surface area contributed by atoms with Crippen LogP contribution in [-0.2, 0) is 0 Å². The van der Waals surface area contributed by atoms with Crippen LogP contribution in [0.25, 0.3) is 0 Å². The van der Waals surface area contributed by atoms with Crippen LogP contribution in [0.3, 0.4) is 0 Å². The molecule has 1 aromatic carbocycles. The molecule has 1 amide bonds. The summed E-state index contributed by atoms with van der Waals surface area (Å²) in [6.45, 7) is 5.95. The number of carbonyl (C=O) groups excluding carboxylic acids is 1. The van der Waals surface area contributed by atoms with Gasteiger partial charge in [0.25, 0.3) is 5.91 Å². The van der Waals surface area contributed by atoms with Crippen LogP contribution in [-0.4, -0.2) is 29.0 Å². The van der Waals surface area contributed by atoms with Crippen molar-refractivity contribution in [2.75, 3.05) is 23.3 Å². The maximum Gasteiger partial charge on any atom is 0.259 e. The number of rotatable bonds is 3. The highest BCUT2D eigenvalue weighted by Crippen LogP contribution is 2.21. The number of aromatic nitrogens is 2. The predicted molar refractivity (Wildman–Crippen MR) is 91.7 cm³/mol. The fraction of sp³-hybridized carbons (Fsp3) is 0.389. The Morgan fingerprint density at radius 3 is 2.54 bits per heavy atom. The third-order valence-corrected chi connectivity index (χ3v) is 4.38. The van der Waals surface area contributed by atoms with E-state index in [2.05, 4.69) is 27.1 Å². The summed E-state index contributed by atoms with van der Waals surface area (Å²) >= 11 is 0. The van der Waals surface area contributed by atoms with Crippen molar-refractivity contribution in [1.82, 2.24) is 9.97 Å². The maximum absolute atomic E-state index is 12.9. The highest BCUT2D eigenvalue weighted by molar-refractivity contribution is 6.04. The van der Waals surface area contributed by atoms with Gasteiger partial charge in [0.1, 0.15) is 5.82 Å². The molecule has 2 heterocycles. The van der Waals surface area contributed by atoms with E-state index in [-0.39, 0.29) is 11.7 Å². The fourth-order valence-electron chi connectivity index (χ4n) is 2.77. The van der Waals surface area contributed by atoms with Crippen LogP contribution in [0, 0.1) is 18.7 Å². The molecule has 1 aliphatic rings. The van der Waals surface area contributed by atoms with Crippen molar-refractivity contribution >= 4 is 17.5 Å². The van der Waals surface area contributed by atoms with Crippen LogP contribution in [0.2, 0.25) is 0 Å². The zero-order chi connectivity index (χ0) is 17.1. The number of nitrogens with zero attached hydrogens (tertiary/aromatic N) is 3. The molecule has 5 nitrogen and oxygen atoms in total. The molecule has 0 unspecified atom stereocenters. The topological polar surface area (TPSA) is 58.1 Å². The minimum atomic E-state index is -0.340. The lowest BCUT2D eigenvalue weighted by Gasteiger charge is -2.30. The average molecular weight is 328 g/mol. The Hall–Kier alpha value is -2.50. The monoisotopic (exact) mass is 328 g/mol. The summed E-state index contributed by atoms with van der Waals surface area (Å²) in [5.74, 6) is 0.784. The summed E-state index contributed by atoms with van der Waals surface area (Å²) in [5, 5.41) is 2.73. The first-order valence-electron chi connectivity index (χ1n) is 8.18. The van der Waals surface area contributed by atoms with Crippen molar-refractivity contribution in [1.29, 1.82) is 0 Å². The van der Waals surface area contributed by atoms with Crippen molar-refractivity contribution in [2.45, 2.75) is 26.7 Å². The molecule has 1 aromatic heterocycles. The zero-order valence-electron chi connectivity index (χ0n) is 13.9. The third-order valence-electron chi connectivity index (χ3n) is 4.38. The number of aryl methyl sites for hydroxylation is 1. The molecule has 0 bridgehead atoms. The zero-order valence-corrected chi connectivity index (χ0v) is 13.9. The molecule has 126 valence electrons. The largest absolute Gasteiger partial charge is 0.341 e. The molecule has 0 spiro atoms. The summed E-state index contributed by atoms with van der Waals surface area (Å²) in [6.07, 6.45) is 3.83. The van der Waals surface area contributed by atoms with Crippen molar-refractivity contribution in [3.63, 3.8) is 0 Å². The first-order valence-corrected chi connectivity index (χ1v) is 8.18. The summed E-state index contributed by atoms with van der Waals surface area (Å²) in [5.41, 5.74) is 1.60. The predicted octanol–water partition coefficient (Wildman–Crippen LogP) is 3.41. The molecule has 0 atom stereocenters. The SMILES string of the molecule is Cc1nc(N2CCC(C)CC2)ncc1C(=O)Nc1ccc(F)cc1. The average Bonchev–Trinajstić information content (AvgIpc) is 2.57. The van der Waals surface area contributed by atoms with Gasteiger partial charge in [-0.05, 0) is 49.9 Å². The third kappa shape index (κ3) is 3.69. The smallest absolute Gasteiger partial charge is 0.259 e. The second kappa shape index (κ2) is 6.95. The van der Waals surface area contributed by atoms with Gasteiger partial charge in [-0.3, -0.25) is 4.79 Å². The Balaban J connectivity index is 1.72. The lowest BCUT2D eigenvalue weighted by Crippen LogP contribution is -2.34. The van der Waals surface area contributed by atoms with Crippen LogP contribution in [0.5, 0.6) is 0 Å². The van der Waals surface area contributed by atoms with E-state index in [1.54, 1.807) is 13.1 Å². The van der Waals surface area contributed by atoms with E-state index in [9.17, 15) is 9.18 Å². The minimum Gasteiger partial charge on any atom is -0.341 e. The standard InChI is InChI=1S/C18H21FN4O/c1-12-7-9-23(10-8-12)18-20-11-16(13(2)21-18)17(24)22-15-5-3-14(19)4-6-15/h3-6,11-12H,7-10H2,1-2H3,(H,22,24). The lowest BCUT2D eigenvalue weighted by atomic mass is 10.00. The summed E-state index contributed by atoms with van der Waals surface area (Å²) in [4.78, 5) is 23.4. The van der Waals surface area contributed by atoms with E-state index in [4.69, 9.17) is 0 Å². The van der Waals surface area contributed by atoms with E-state index in [0.717, 1.165) is 31.8 Å². The normalized spacial score (nSPS) is 15.4. The number of anilines is 2. The molecule has 0 radical (unpaired) electrons. The van der Waals surface area contributed by atoms with Crippen LogP contribution in [0.15, 0.2) is 30.5 Å². The van der Waals surface area contributed by atoms with Gasteiger partial charge in [-0.25, -0.2) is 14.4 Å². The highest BCUT2D eigenvalue weighted by atomic mass is 19.1. The highest BCUT2D eigenvalue weighted by Gasteiger charge is 2.19. The molecule has 0 aliphatic carbocycles. The Labute approximate surface area is 140 Å². The second-order valence-corrected chi connectivity index (χ2v) is 6.30. The van der Waals surface area contributed by atoms with Crippen molar-refractivity contribution in [3.05, 3.63) is 47.5 Å². The molecule has 0 saturated carbocycles. The first kappa shape index (κ1) is 16.4. The lowest BCUT2D eigenvalue weighted by molar-refractivity contribution is 0.102. The van der Waals surface area contributed by atoms with Gasteiger partial charge in [-0.15, -0.1) is 0 Å². The summed E-state index contributed by atoms with van der Waals surface area (Å²) in [7, 11) is 0. The van der Waals surface area contributed by atoms with E-state index in [0.29, 0.717) is 22.9 Å². The Kier molecular flexibility index (Phi) is 4.74. The number of benzene rings is 1. The molecule has 24 heavy (non-hydrogen) atoms. The molecule has 1 aliphatic heterocycles. The molecule has 1 saturated heterocycles. The molecule has 1 fully saturated rings. The van der Waals surface area contributed by atoms with Gasteiger partial charge >= 0.3 is 0 Å². The number of carbonyl (C=O) groups is 1. The molecule has 1 N–H and O–H groups in total.